The second-order valence-electron chi connectivity index (χ2n) is 5.62. The van der Waals surface area contributed by atoms with Crippen LogP contribution in [0.2, 0.25) is 35.7 Å². The summed E-state index contributed by atoms with van der Waals surface area (Å²) in [5.41, 5.74) is 0. The lowest BCUT2D eigenvalue weighted by Gasteiger charge is -2.37. The molecule has 9 heteroatoms. The summed E-state index contributed by atoms with van der Waals surface area (Å²) < 4.78 is 0.217. The molecule has 2 rings (SSSR count). The Balaban J connectivity index is 2.11. The van der Waals surface area contributed by atoms with Gasteiger partial charge in [0.05, 0.1) is 7.28 Å². The highest BCUT2D eigenvalue weighted by molar-refractivity contribution is 7.56. The van der Waals surface area contributed by atoms with Gasteiger partial charge < -0.3 is 0 Å². The van der Waals surface area contributed by atoms with Crippen molar-refractivity contribution in [2.24, 2.45) is 0 Å². The van der Waals surface area contributed by atoms with Crippen molar-refractivity contribution in [3.8, 4) is 0 Å². The van der Waals surface area contributed by atoms with E-state index in [9.17, 15) is 0 Å². The van der Waals surface area contributed by atoms with Gasteiger partial charge >= 0.3 is 0 Å². The first kappa shape index (κ1) is 12.8. The molecule has 2 heterocycles. The van der Waals surface area contributed by atoms with Crippen molar-refractivity contribution >= 4 is 72.9 Å². The van der Waals surface area contributed by atoms with Gasteiger partial charge in [-0.05, 0) is 0 Å². The normalized spacial score (nSPS) is 25.2. The molecule has 0 amide bonds. The summed E-state index contributed by atoms with van der Waals surface area (Å²) >= 11 is 13.1. The van der Waals surface area contributed by atoms with Crippen LogP contribution >= 0.6 is 22.2 Å². The Kier molecular flexibility index (Phi) is 2.92. The van der Waals surface area contributed by atoms with Crippen LogP contribution in [0.3, 0.4) is 0 Å². The topological polar surface area (TPSA) is 0 Å². The molecule has 0 spiro atoms. The minimum absolute atomic E-state index is 0.108. The van der Waals surface area contributed by atoms with E-state index in [1.54, 1.807) is 0 Å². The summed E-state index contributed by atoms with van der Waals surface area (Å²) in [7, 11) is 7.98. The first-order valence-electron chi connectivity index (χ1n) is 5.28. The van der Waals surface area contributed by atoms with Gasteiger partial charge in [-0.3, -0.25) is 0 Å². The van der Waals surface area contributed by atoms with Crippen molar-refractivity contribution in [2.45, 2.75) is 35.7 Å². The molecular weight excluding hydrogens is 253 g/mol. The molecule has 0 aromatic rings. The molecule has 0 aromatic carbocycles. The largest absolute Gasteiger partial charge is 0.169 e. The lowest BCUT2D eigenvalue weighted by molar-refractivity contribution is 1.45. The van der Waals surface area contributed by atoms with E-state index in [4.69, 9.17) is 22.2 Å². The van der Waals surface area contributed by atoms with Gasteiger partial charge in [0, 0.05) is 28.7 Å². The molecule has 2 aliphatic rings. The first-order valence-corrected chi connectivity index (χ1v) is 13.3. The Bertz CT molecular complexity index is 250. The minimum Gasteiger partial charge on any atom is -0.169 e. The standard InChI is InChI=1S/C6H12B5Cl2Si2/c1-14(2,12)5(8-9-5)7-6(10-11-6)15(3,4)13/h1-4H3. The van der Waals surface area contributed by atoms with Gasteiger partial charge in [-0.2, -0.15) is 22.2 Å². The van der Waals surface area contributed by atoms with Crippen LogP contribution in [0, 0.1) is 0 Å². The lowest BCUT2D eigenvalue weighted by Crippen LogP contribution is -2.43. The van der Waals surface area contributed by atoms with E-state index in [0.29, 0.717) is 0 Å². The number of hydrogen-bond donors (Lipinski definition) is 0. The molecule has 5 radical (unpaired) electrons. The molecule has 0 N–H and O–H groups in total. The SMILES string of the molecule is C[Si](C)(Cl)C1([B]C2([Si](C)(C)Cl)[B][B]2)[B][B]1. The quantitative estimate of drug-likeness (QED) is 0.533. The van der Waals surface area contributed by atoms with E-state index in [1.165, 1.54) is 0 Å². The predicted molar refractivity (Wildman–Crippen MR) is 80.8 cm³/mol. The zero-order valence-electron chi connectivity index (χ0n) is 9.64. The molecule has 0 saturated carbocycles. The molecule has 73 valence electrons. The van der Waals surface area contributed by atoms with Gasteiger partial charge in [-0.15, -0.1) is 9.47 Å². The second-order valence-corrected chi connectivity index (χ2v) is 18.9. The second kappa shape index (κ2) is 3.43. The van der Waals surface area contributed by atoms with Crippen molar-refractivity contribution < 1.29 is 0 Å². The molecule has 0 unspecified atom stereocenters. The average Bonchev–Trinajstić information content (AvgIpc) is 2.80. The minimum atomic E-state index is -1.69. The maximum Gasteiger partial charge on any atom is 0.133 e. The van der Waals surface area contributed by atoms with Gasteiger partial charge in [0.15, 0.2) is 0 Å². The fourth-order valence-corrected chi connectivity index (χ4v) is 6.05. The molecule has 2 aliphatic heterocycles. The van der Waals surface area contributed by atoms with Crippen molar-refractivity contribution in [2.75, 3.05) is 0 Å². The van der Waals surface area contributed by atoms with E-state index in [0.717, 1.165) is 0 Å². The fourth-order valence-electron chi connectivity index (χ4n) is 1.90. The Morgan fingerprint density at radius 1 is 0.800 bits per heavy atom. The molecular formula is C6H12B5Cl2Si2. The van der Waals surface area contributed by atoms with Crippen LogP contribution in [0.4, 0.5) is 0 Å². The molecule has 0 nitrogen and oxygen atoms in total. The Hall–Kier alpha value is 1.34. The Morgan fingerprint density at radius 3 is 1.20 bits per heavy atom. The smallest absolute Gasteiger partial charge is 0.133 e. The zero-order chi connectivity index (χ0) is 11.5. The third kappa shape index (κ3) is 2.19. The molecule has 0 aliphatic carbocycles. The Morgan fingerprint density at radius 2 is 1.07 bits per heavy atom. The van der Waals surface area contributed by atoms with E-state index >= 15 is 0 Å². The van der Waals surface area contributed by atoms with Crippen LogP contribution < -0.4 is 0 Å². The van der Waals surface area contributed by atoms with Crippen LogP contribution in [0.15, 0.2) is 0 Å². The fraction of sp³-hybridized carbons (Fsp3) is 1.00. The monoisotopic (exact) mass is 265 g/mol. The third-order valence-electron chi connectivity index (χ3n) is 3.59. The van der Waals surface area contributed by atoms with Crippen LogP contribution in [0.25, 0.3) is 0 Å². The van der Waals surface area contributed by atoms with Crippen molar-refractivity contribution in [1.29, 1.82) is 0 Å². The summed E-state index contributed by atoms with van der Waals surface area (Å²) in [5.74, 6) is 0. The predicted octanol–water partition coefficient (Wildman–Crippen LogP) is 1.48. The van der Waals surface area contributed by atoms with Gasteiger partial charge in [-0.25, -0.2) is 0 Å². The van der Waals surface area contributed by atoms with Gasteiger partial charge in [0.2, 0.25) is 0 Å². The van der Waals surface area contributed by atoms with E-state index in [1.807, 2.05) is 0 Å². The summed E-state index contributed by atoms with van der Waals surface area (Å²) in [6, 6.07) is 0. The highest BCUT2D eigenvalue weighted by Crippen LogP contribution is 2.57. The maximum absolute atomic E-state index is 6.56. The van der Waals surface area contributed by atoms with E-state index in [2.05, 4.69) is 62.1 Å². The van der Waals surface area contributed by atoms with Gasteiger partial charge in [0.25, 0.3) is 0 Å². The molecule has 2 fully saturated rings. The van der Waals surface area contributed by atoms with Crippen LogP contribution in [-0.4, -0.2) is 50.7 Å². The van der Waals surface area contributed by atoms with Crippen LogP contribution in [-0.2, 0) is 0 Å². The summed E-state index contributed by atoms with van der Waals surface area (Å²) in [6.07, 6.45) is 0. The van der Waals surface area contributed by atoms with Crippen molar-refractivity contribution in [3.63, 3.8) is 0 Å². The molecule has 0 atom stereocenters. The van der Waals surface area contributed by atoms with Crippen LogP contribution in [0.5, 0.6) is 0 Å². The zero-order valence-corrected chi connectivity index (χ0v) is 13.2. The number of halogens is 2. The van der Waals surface area contributed by atoms with E-state index in [-0.39, 0.29) is 9.47 Å². The highest BCUT2D eigenvalue weighted by Gasteiger charge is 2.65. The molecule has 15 heavy (non-hydrogen) atoms. The molecule has 0 aromatic heterocycles. The summed E-state index contributed by atoms with van der Waals surface area (Å²) in [6.45, 7) is 8.79. The summed E-state index contributed by atoms with van der Waals surface area (Å²) in [5, 5.41) is 0. The van der Waals surface area contributed by atoms with E-state index < -0.39 is 14.8 Å². The lowest BCUT2D eigenvalue weighted by atomic mass is 9.53. The average molecular weight is 265 g/mol. The number of rotatable bonds is 4. The third-order valence-corrected chi connectivity index (χ3v) is 10.6. The highest BCUT2D eigenvalue weighted by atomic mass is 35.6. The maximum atomic E-state index is 6.56. The van der Waals surface area contributed by atoms with Crippen molar-refractivity contribution in [3.05, 3.63) is 0 Å². The van der Waals surface area contributed by atoms with Crippen molar-refractivity contribution in [1.82, 2.24) is 0 Å². The van der Waals surface area contributed by atoms with Gasteiger partial charge in [0.1, 0.15) is 14.8 Å². The number of hydrogen-bond acceptors (Lipinski definition) is 0. The molecule has 2 saturated heterocycles. The van der Waals surface area contributed by atoms with Gasteiger partial charge in [-0.1, -0.05) is 26.2 Å². The first-order chi connectivity index (χ1) is 6.62. The Labute approximate surface area is 108 Å². The molecule has 0 bridgehead atoms. The van der Waals surface area contributed by atoms with Crippen LogP contribution in [0.1, 0.15) is 0 Å². The summed E-state index contributed by atoms with van der Waals surface area (Å²) in [4.78, 5) is 0.